The van der Waals surface area contributed by atoms with Crippen molar-refractivity contribution >= 4 is 11.8 Å². The van der Waals surface area contributed by atoms with Crippen LogP contribution in [0.25, 0.3) is 0 Å². The van der Waals surface area contributed by atoms with Crippen molar-refractivity contribution in [2.45, 2.75) is 44.7 Å². The van der Waals surface area contributed by atoms with E-state index >= 15 is 0 Å². The van der Waals surface area contributed by atoms with E-state index in [1.54, 1.807) is 16.8 Å². The Morgan fingerprint density at radius 3 is 2.50 bits per heavy atom. The average molecular weight is 253 g/mol. The molecule has 2 saturated heterocycles. The first kappa shape index (κ1) is 13.3. The quantitative estimate of drug-likeness (QED) is 0.727. The van der Waals surface area contributed by atoms with Crippen molar-refractivity contribution < 1.29 is 9.59 Å². The second-order valence-corrected chi connectivity index (χ2v) is 6.10. The third kappa shape index (κ3) is 1.90. The molecule has 0 radical (unpaired) electrons. The van der Waals surface area contributed by atoms with E-state index in [-0.39, 0.29) is 11.8 Å². The largest absolute Gasteiger partial charge is 0.342 e. The van der Waals surface area contributed by atoms with Crippen LogP contribution in [-0.2, 0) is 9.59 Å². The Morgan fingerprint density at radius 1 is 1.28 bits per heavy atom. The highest BCUT2D eigenvalue weighted by atomic mass is 16.2. The fourth-order valence-electron chi connectivity index (χ4n) is 2.94. The third-order valence-corrected chi connectivity index (χ3v) is 4.29. The Kier molecular flexibility index (Phi) is 3.13. The summed E-state index contributed by atoms with van der Waals surface area (Å²) < 4.78 is 0. The number of carbonyl (C=O) groups is 2. The lowest BCUT2D eigenvalue weighted by molar-refractivity contribution is -0.160. The molecule has 5 heteroatoms. The highest BCUT2D eigenvalue weighted by Gasteiger charge is 2.48. The third-order valence-electron chi connectivity index (χ3n) is 4.29. The highest BCUT2D eigenvalue weighted by molar-refractivity contribution is 5.95. The van der Waals surface area contributed by atoms with E-state index in [1.807, 2.05) is 20.8 Å². The smallest absolute Gasteiger partial charge is 0.247 e. The Morgan fingerprint density at radius 2 is 1.94 bits per heavy atom. The lowest BCUT2D eigenvalue weighted by atomic mass is 9.91. The van der Waals surface area contributed by atoms with Crippen molar-refractivity contribution in [2.24, 2.45) is 0 Å². The van der Waals surface area contributed by atoms with Gasteiger partial charge >= 0.3 is 0 Å². The maximum Gasteiger partial charge on any atom is 0.247 e. The van der Waals surface area contributed by atoms with Crippen LogP contribution in [0.3, 0.4) is 0 Å². The van der Waals surface area contributed by atoms with Gasteiger partial charge in [0.2, 0.25) is 11.8 Å². The fraction of sp³-hybridized carbons (Fsp3) is 0.846. The van der Waals surface area contributed by atoms with E-state index in [4.69, 9.17) is 0 Å². The second kappa shape index (κ2) is 4.23. The standard InChI is InChI=1S/C13H23N3O2/c1-12(2)10(17)15(4)8-9-16(12)11(18)13(3)6-5-7-14-13/h14H,5-9H2,1-4H3. The molecule has 0 saturated carbocycles. The number of carbonyl (C=O) groups excluding carboxylic acids is 2. The van der Waals surface area contributed by atoms with Gasteiger partial charge in [-0.2, -0.15) is 0 Å². The lowest BCUT2D eigenvalue weighted by Gasteiger charge is -2.47. The van der Waals surface area contributed by atoms with Gasteiger partial charge in [0.1, 0.15) is 5.54 Å². The predicted molar refractivity (Wildman–Crippen MR) is 69.1 cm³/mol. The van der Waals surface area contributed by atoms with E-state index in [2.05, 4.69) is 5.32 Å². The number of nitrogens with zero attached hydrogens (tertiary/aromatic N) is 2. The maximum absolute atomic E-state index is 12.7. The van der Waals surface area contributed by atoms with Gasteiger partial charge in [0.05, 0.1) is 5.54 Å². The Hall–Kier alpha value is -1.10. The molecule has 1 N–H and O–H groups in total. The van der Waals surface area contributed by atoms with E-state index in [0.29, 0.717) is 13.1 Å². The molecule has 1 unspecified atom stereocenters. The minimum Gasteiger partial charge on any atom is -0.342 e. The molecular weight excluding hydrogens is 230 g/mol. The van der Waals surface area contributed by atoms with Gasteiger partial charge in [-0.3, -0.25) is 9.59 Å². The molecular formula is C13H23N3O2. The zero-order valence-corrected chi connectivity index (χ0v) is 11.7. The monoisotopic (exact) mass is 253 g/mol. The molecule has 0 bridgehead atoms. The van der Waals surface area contributed by atoms with Gasteiger partial charge in [-0.15, -0.1) is 0 Å². The summed E-state index contributed by atoms with van der Waals surface area (Å²) in [6, 6.07) is 0. The van der Waals surface area contributed by atoms with Gasteiger partial charge in [-0.25, -0.2) is 0 Å². The van der Waals surface area contributed by atoms with Crippen molar-refractivity contribution in [3.8, 4) is 0 Å². The summed E-state index contributed by atoms with van der Waals surface area (Å²) in [5, 5.41) is 3.28. The molecule has 2 rings (SSSR count). The van der Waals surface area contributed by atoms with Gasteiger partial charge in [0.25, 0.3) is 0 Å². The van der Waals surface area contributed by atoms with Gasteiger partial charge < -0.3 is 15.1 Å². The molecule has 102 valence electrons. The van der Waals surface area contributed by atoms with E-state index in [1.165, 1.54) is 0 Å². The second-order valence-electron chi connectivity index (χ2n) is 6.10. The first-order valence-corrected chi connectivity index (χ1v) is 6.62. The Balaban J connectivity index is 2.22. The first-order valence-electron chi connectivity index (χ1n) is 6.62. The number of likely N-dealkylation sites (N-methyl/N-ethyl adjacent to an activating group) is 1. The number of piperazine rings is 1. The van der Waals surface area contributed by atoms with Crippen LogP contribution in [0, 0.1) is 0 Å². The van der Waals surface area contributed by atoms with Crippen molar-refractivity contribution in [3.63, 3.8) is 0 Å². The zero-order valence-electron chi connectivity index (χ0n) is 11.7. The molecule has 0 spiro atoms. The number of hydrogen-bond acceptors (Lipinski definition) is 3. The molecule has 2 fully saturated rings. The normalized spacial score (nSPS) is 31.9. The van der Waals surface area contributed by atoms with Crippen LogP contribution < -0.4 is 5.32 Å². The summed E-state index contributed by atoms with van der Waals surface area (Å²) >= 11 is 0. The molecule has 2 heterocycles. The number of rotatable bonds is 1. The SMILES string of the molecule is CN1CCN(C(=O)C2(C)CCCN2)C(C)(C)C1=O. The van der Waals surface area contributed by atoms with Crippen LogP contribution in [0.1, 0.15) is 33.6 Å². The van der Waals surface area contributed by atoms with Crippen LogP contribution in [-0.4, -0.2) is 59.4 Å². The summed E-state index contributed by atoms with van der Waals surface area (Å²) in [6.45, 7) is 7.73. The fourth-order valence-corrected chi connectivity index (χ4v) is 2.94. The molecule has 18 heavy (non-hydrogen) atoms. The Bertz CT molecular complexity index is 372. The highest BCUT2D eigenvalue weighted by Crippen LogP contribution is 2.28. The van der Waals surface area contributed by atoms with E-state index < -0.39 is 11.1 Å². The van der Waals surface area contributed by atoms with Gasteiger partial charge in [-0.1, -0.05) is 0 Å². The molecule has 0 aromatic carbocycles. The summed E-state index contributed by atoms with van der Waals surface area (Å²) in [5.41, 5.74) is -1.23. The van der Waals surface area contributed by atoms with Crippen LogP contribution in [0.15, 0.2) is 0 Å². The van der Waals surface area contributed by atoms with Crippen LogP contribution in [0.5, 0.6) is 0 Å². The summed E-state index contributed by atoms with van der Waals surface area (Å²) in [7, 11) is 1.79. The predicted octanol–water partition coefficient (Wildman–Crippen LogP) is 0.208. The molecule has 1 atom stereocenters. The van der Waals surface area contributed by atoms with Crippen molar-refractivity contribution in [3.05, 3.63) is 0 Å². The lowest BCUT2D eigenvalue weighted by Crippen LogP contribution is -2.68. The first-order chi connectivity index (χ1) is 8.29. The van der Waals surface area contributed by atoms with Gasteiger partial charge in [-0.05, 0) is 40.2 Å². The number of amides is 2. The molecule has 2 aliphatic rings. The Labute approximate surface area is 108 Å². The molecule has 2 amide bonds. The minimum absolute atomic E-state index is 0.0173. The zero-order chi connectivity index (χ0) is 13.6. The minimum atomic E-state index is -0.739. The van der Waals surface area contributed by atoms with Crippen molar-refractivity contribution in [1.82, 2.24) is 15.1 Å². The molecule has 0 aliphatic carbocycles. The van der Waals surface area contributed by atoms with Crippen molar-refractivity contribution in [2.75, 3.05) is 26.7 Å². The van der Waals surface area contributed by atoms with Crippen LogP contribution in [0.2, 0.25) is 0 Å². The summed E-state index contributed by atoms with van der Waals surface area (Å²) in [5.74, 6) is 0.0788. The molecule has 5 nitrogen and oxygen atoms in total. The van der Waals surface area contributed by atoms with Gasteiger partial charge in [0.15, 0.2) is 0 Å². The number of hydrogen-bond donors (Lipinski definition) is 1. The van der Waals surface area contributed by atoms with Gasteiger partial charge in [0, 0.05) is 20.1 Å². The average Bonchev–Trinajstić information content (AvgIpc) is 2.74. The maximum atomic E-state index is 12.7. The van der Waals surface area contributed by atoms with Crippen LogP contribution >= 0.6 is 0 Å². The summed E-state index contributed by atoms with van der Waals surface area (Å²) in [4.78, 5) is 28.3. The van der Waals surface area contributed by atoms with E-state index in [9.17, 15) is 9.59 Å². The molecule has 0 aromatic rings. The summed E-state index contributed by atoms with van der Waals surface area (Å²) in [6.07, 6.45) is 1.87. The molecule has 0 aromatic heterocycles. The van der Waals surface area contributed by atoms with E-state index in [0.717, 1.165) is 19.4 Å². The van der Waals surface area contributed by atoms with Crippen molar-refractivity contribution in [1.29, 1.82) is 0 Å². The topological polar surface area (TPSA) is 52.6 Å². The van der Waals surface area contributed by atoms with Crippen LogP contribution in [0.4, 0.5) is 0 Å². The number of nitrogens with one attached hydrogen (secondary N) is 1. The molecule has 2 aliphatic heterocycles.